The molecule has 2 rings (SSSR count). The summed E-state index contributed by atoms with van der Waals surface area (Å²) in [5, 5.41) is 0. The molecule has 0 saturated heterocycles. The highest BCUT2D eigenvalue weighted by Crippen LogP contribution is 2.28. The summed E-state index contributed by atoms with van der Waals surface area (Å²) in [5.74, 6) is 1.02. The number of nitrogens with zero attached hydrogens (tertiary/aromatic N) is 4. The van der Waals surface area contributed by atoms with E-state index in [0.29, 0.717) is 0 Å². The zero-order valence-electron chi connectivity index (χ0n) is 10.9. The smallest absolute Gasteiger partial charge is 0.163 e. The van der Waals surface area contributed by atoms with E-state index in [1.807, 2.05) is 24.6 Å². The van der Waals surface area contributed by atoms with Gasteiger partial charge in [0.25, 0.3) is 0 Å². The molecule has 0 radical (unpaired) electrons. The Morgan fingerprint density at radius 2 is 2.12 bits per heavy atom. The fourth-order valence-electron chi connectivity index (χ4n) is 2.17. The molecule has 0 aromatic carbocycles. The van der Waals surface area contributed by atoms with Crippen molar-refractivity contribution >= 4 is 11.2 Å². The highest BCUT2D eigenvalue weighted by atomic mass is 15.1. The maximum atomic E-state index is 4.69. The predicted molar refractivity (Wildman–Crippen MR) is 68.9 cm³/mol. The molecule has 0 spiro atoms. The lowest BCUT2D eigenvalue weighted by molar-refractivity contribution is 0.482. The van der Waals surface area contributed by atoms with Gasteiger partial charge in [-0.05, 0) is 13.3 Å². The first-order valence-corrected chi connectivity index (χ1v) is 5.73. The maximum absolute atomic E-state index is 4.69. The van der Waals surface area contributed by atoms with Crippen LogP contribution in [-0.2, 0) is 12.5 Å². The van der Waals surface area contributed by atoms with Gasteiger partial charge in [0.05, 0.1) is 5.69 Å². The zero-order chi connectivity index (χ0) is 12.6. The van der Waals surface area contributed by atoms with Crippen molar-refractivity contribution in [2.75, 3.05) is 0 Å². The summed E-state index contributed by atoms with van der Waals surface area (Å²) in [5.41, 5.74) is 2.67. The lowest BCUT2D eigenvalue weighted by Gasteiger charge is -2.21. The molecule has 2 aromatic heterocycles. The number of aryl methyl sites for hydroxylation is 2. The third-order valence-electron chi connectivity index (χ3n) is 3.10. The van der Waals surface area contributed by atoms with Crippen molar-refractivity contribution in [1.29, 1.82) is 0 Å². The minimum atomic E-state index is -0.0381. The summed E-state index contributed by atoms with van der Waals surface area (Å²) in [7, 11) is 2.00. The van der Waals surface area contributed by atoms with Crippen LogP contribution >= 0.6 is 0 Å². The van der Waals surface area contributed by atoms with Crippen LogP contribution in [0.15, 0.2) is 19.0 Å². The van der Waals surface area contributed by atoms with E-state index in [1.165, 1.54) is 0 Å². The van der Waals surface area contributed by atoms with Crippen molar-refractivity contribution in [2.24, 2.45) is 7.05 Å². The Labute approximate surface area is 101 Å². The monoisotopic (exact) mass is 230 g/mol. The minimum Gasteiger partial charge on any atom is -0.315 e. The van der Waals surface area contributed by atoms with Gasteiger partial charge in [0, 0.05) is 12.5 Å². The zero-order valence-corrected chi connectivity index (χ0v) is 10.9. The molecular formula is C13H18N4. The molecule has 0 aliphatic heterocycles. The summed E-state index contributed by atoms with van der Waals surface area (Å²) < 4.78 is 2.05. The van der Waals surface area contributed by atoms with Gasteiger partial charge in [-0.25, -0.2) is 15.0 Å². The second-order valence-electron chi connectivity index (χ2n) is 5.00. The van der Waals surface area contributed by atoms with E-state index in [4.69, 9.17) is 4.98 Å². The van der Waals surface area contributed by atoms with Gasteiger partial charge in [-0.15, -0.1) is 6.58 Å². The molecular weight excluding hydrogens is 212 g/mol. The van der Waals surface area contributed by atoms with Crippen LogP contribution in [0.25, 0.3) is 11.2 Å². The number of hydrogen-bond acceptors (Lipinski definition) is 3. The van der Waals surface area contributed by atoms with E-state index in [2.05, 4.69) is 30.4 Å². The molecule has 17 heavy (non-hydrogen) atoms. The lowest BCUT2D eigenvalue weighted by Crippen LogP contribution is -2.21. The third-order valence-corrected chi connectivity index (χ3v) is 3.10. The first kappa shape index (κ1) is 11.8. The highest BCUT2D eigenvalue weighted by molar-refractivity contribution is 5.73. The van der Waals surface area contributed by atoms with Gasteiger partial charge < -0.3 is 4.57 Å². The lowest BCUT2D eigenvalue weighted by atomic mass is 9.88. The van der Waals surface area contributed by atoms with Gasteiger partial charge in [0.2, 0.25) is 0 Å². The summed E-state index contributed by atoms with van der Waals surface area (Å²) >= 11 is 0. The summed E-state index contributed by atoms with van der Waals surface area (Å²) in [6.45, 7) is 10.1. The Balaban J connectivity index is 2.68. The van der Waals surface area contributed by atoms with Crippen LogP contribution in [0.5, 0.6) is 0 Å². The van der Waals surface area contributed by atoms with Gasteiger partial charge in [-0.1, -0.05) is 19.9 Å². The van der Waals surface area contributed by atoms with E-state index < -0.39 is 0 Å². The average molecular weight is 230 g/mol. The average Bonchev–Trinajstić information content (AvgIpc) is 2.59. The van der Waals surface area contributed by atoms with E-state index in [0.717, 1.165) is 29.1 Å². The molecule has 0 amide bonds. The fourth-order valence-corrected chi connectivity index (χ4v) is 2.17. The number of imidazole rings is 1. The SMILES string of the molecule is C=CCC(C)(C)c1nc2c(C)ncnc2n1C. The minimum absolute atomic E-state index is 0.0381. The highest BCUT2D eigenvalue weighted by Gasteiger charge is 2.26. The van der Waals surface area contributed by atoms with Crippen molar-refractivity contribution < 1.29 is 0 Å². The van der Waals surface area contributed by atoms with E-state index >= 15 is 0 Å². The Bertz CT molecular complexity index is 566. The van der Waals surface area contributed by atoms with E-state index in [-0.39, 0.29) is 5.41 Å². The number of rotatable bonds is 3. The second kappa shape index (κ2) is 3.95. The molecule has 4 nitrogen and oxygen atoms in total. The van der Waals surface area contributed by atoms with Gasteiger partial charge >= 0.3 is 0 Å². The molecule has 4 heteroatoms. The molecule has 2 aromatic rings. The molecule has 0 fully saturated rings. The molecule has 90 valence electrons. The topological polar surface area (TPSA) is 43.6 Å². The van der Waals surface area contributed by atoms with Crippen LogP contribution in [0.4, 0.5) is 0 Å². The fraction of sp³-hybridized carbons (Fsp3) is 0.462. The Kier molecular flexibility index (Phi) is 2.73. The molecule has 0 bridgehead atoms. The van der Waals surface area contributed by atoms with Crippen LogP contribution < -0.4 is 0 Å². The summed E-state index contributed by atoms with van der Waals surface area (Å²) in [6.07, 6.45) is 4.40. The summed E-state index contributed by atoms with van der Waals surface area (Å²) in [4.78, 5) is 13.2. The van der Waals surface area contributed by atoms with Crippen LogP contribution in [-0.4, -0.2) is 19.5 Å². The van der Waals surface area contributed by atoms with Crippen molar-refractivity contribution in [3.8, 4) is 0 Å². The molecule has 0 aliphatic carbocycles. The van der Waals surface area contributed by atoms with Crippen molar-refractivity contribution in [3.05, 3.63) is 30.5 Å². The van der Waals surface area contributed by atoms with Crippen molar-refractivity contribution in [1.82, 2.24) is 19.5 Å². The number of fused-ring (bicyclic) bond motifs is 1. The Morgan fingerprint density at radius 1 is 1.41 bits per heavy atom. The number of hydrogen-bond donors (Lipinski definition) is 0. The Hall–Kier alpha value is -1.71. The van der Waals surface area contributed by atoms with Crippen molar-refractivity contribution in [2.45, 2.75) is 32.6 Å². The quantitative estimate of drug-likeness (QED) is 0.761. The van der Waals surface area contributed by atoms with E-state index in [1.54, 1.807) is 6.33 Å². The third kappa shape index (κ3) is 1.84. The normalized spacial score (nSPS) is 12.0. The second-order valence-corrected chi connectivity index (χ2v) is 5.00. The van der Waals surface area contributed by atoms with Crippen LogP contribution in [0.2, 0.25) is 0 Å². The van der Waals surface area contributed by atoms with E-state index in [9.17, 15) is 0 Å². The number of allylic oxidation sites excluding steroid dienone is 1. The molecule has 0 aliphatic rings. The largest absolute Gasteiger partial charge is 0.315 e. The van der Waals surface area contributed by atoms with Crippen molar-refractivity contribution in [3.63, 3.8) is 0 Å². The maximum Gasteiger partial charge on any atom is 0.163 e. The van der Waals surface area contributed by atoms with Crippen LogP contribution in [0.1, 0.15) is 31.8 Å². The Morgan fingerprint density at radius 3 is 2.71 bits per heavy atom. The van der Waals surface area contributed by atoms with Gasteiger partial charge in [-0.3, -0.25) is 0 Å². The van der Waals surface area contributed by atoms with Gasteiger partial charge in [-0.2, -0.15) is 0 Å². The molecule has 0 saturated carbocycles. The van der Waals surface area contributed by atoms with Gasteiger partial charge in [0.1, 0.15) is 17.7 Å². The predicted octanol–water partition coefficient (Wildman–Crippen LogP) is 2.53. The molecule has 2 heterocycles. The van der Waals surface area contributed by atoms with Crippen LogP contribution in [0.3, 0.4) is 0 Å². The molecule has 0 unspecified atom stereocenters. The first-order valence-electron chi connectivity index (χ1n) is 5.73. The first-order chi connectivity index (χ1) is 7.97. The molecule has 0 atom stereocenters. The molecule has 0 N–H and O–H groups in total. The van der Waals surface area contributed by atoms with Gasteiger partial charge in [0.15, 0.2) is 5.65 Å². The van der Waals surface area contributed by atoms with Crippen LogP contribution in [0, 0.1) is 6.92 Å². The summed E-state index contributed by atoms with van der Waals surface area (Å²) in [6, 6.07) is 0. The standard InChI is InChI=1S/C13H18N4/c1-6-7-13(3,4)12-16-10-9(2)14-8-15-11(10)17(12)5/h6,8H,1,7H2,2-5H3. The number of aromatic nitrogens is 4.